The number of thioether (sulfide) groups is 1. The van der Waals surface area contributed by atoms with E-state index in [1.165, 1.54) is 11.8 Å². The highest BCUT2D eigenvalue weighted by Crippen LogP contribution is 2.34. The van der Waals surface area contributed by atoms with Gasteiger partial charge in [-0.05, 0) is 25.3 Å². The van der Waals surface area contributed by atoms with E-state index in [1.54, 1.807) is 24.3 Å². The largest absolute Gasteiger partial charge is 0.437 e. The lowest BCUT2D eigenvalue weighted by molar-refractivity contribution is 0.456. The number of benzene rings is 1. The Balaban J connectivity index is 2.32. The minimum Gasteiger partial charge on any atom is -0.437 e. The van der Waals surface area contributed by atoms with Crippen molar-refractivity contribution in [3.8, 4) is 11.6 Å². The molecular formula is C13H13Cl2N3OS. The van der Waals surface area contributed by atoms with E-state index < -0.39 is 0 Å². The van der Waals surface area contributed by atoms with Gasteiger partial charge in [-0.15, -0.1) is 0 Å². The normalized spacial score (nSPS) is 10.4. The minimum atomic E-state index is 0.364. The Labute approximate surface area is 131 Å². The number of hydrogen-bond acceptors (Lipinski definition) is 5. The summed E-state index contributed by atoms with van der Waals surface area (Å²) in [4.78, 5) is 8.61. The monoisotopic (exact) mass is 329 g/mol. The van der Waals surface area contributed by atoms with E-state index in [0.717, 1.165) is 6.54 Å². The minimum absolute atomic E-state index is 0.364. The van der Waals surface area contributed by atoms with Gasteiger partial charge in [-0.25, -0.2) is 4.98 Å². The fourth-order valence-electron chi connectivity index (χ4n) is 1.49. The molecule has 7 heteroatoms. The third-order valence-corrected chi connectivity index (χ3v) is 3.70. The van der Waals surface area contributed by atoms with Crippen LogP contribution in [-0.2, 0) is 0 Å². The van der Waals surface area contributed by atoms with Gasteiger partial charge in [-0.1, -0.05) is 41.0 Å². The highest BCUT2D eigenvalue weighted by Gasteiger charge is 2.10. The van der Waals surface area contributed by atoms with E-state index in [2.05, 4.69) is 15.3 Å². The molecule has 0 radical (unpaired) electrons. The summed E-state index contributed by atoms with van der Waals surface area (Å²) in [6.45, 7) is 2.76. The van der Waals surface area contributed by atoms with Crippen molar-refractivity contribution >= 4 is 40.8 Å². The van der Waals surface area contributed by atoms with Crippen LogP contribution in [0.3, 0.4) is 0 Å². The molecule has 1 N–H and O–H groups in total. The Bertz CT molecular complexity index is 610. The van der Waals surface area contributed by atoms with Gasteiger partial charge in [-0.2, -0.15) is 4.98 Å². The molecule has 0 amide bonds. The van der Waals surface area contributed by atoms with E-state index >= 15 is 0 Å². The number of aromatic nitrogens is 2. The third-order valence-electron chi connectivity index (χ3n) is 2.35. The number of halogens is 2. The second-order valence-electron chi connectivity index (χ2n) is 3.76. The molecule has 20 heavy (non-hydrogen) atoms. The second kappa shape index (κ2) is 7.02. The van der Waals surface area contributed by atoms with E-state index in [-0.39, 0.29) is 0 Å². The first-order chi connectivity index (χ1) is 9.63. The highest BCUT2D eigenvalue weighted by molar-refractivity contribution is 7.98. The van der Waals surface area contributed by atoms with Crippen LogP contribution in [0.2, 0.25) is 10.0 Å². The molecule has 2 rings (SSSR count). The van der Waals surface area contributed by atoms with Crippen molar-refractivity contribution in [1.29, 1.82) is 0 Å². The number of anilines is 1. The molecule has 0 aliphatic carbocycles. The molecular weight excluding hydrogens is 317 g/mol. The standard InChI is InChI=1S/C13H13Cl2N3OS/c1-3-16-10-7-11(18-13(17-10)20-2)19-9-6-4-5-8(14)12(9)15/h4-7H,3H2,1-2H3,(H,16,17,18). The van der Waals surface area contributed by atoms with Crippen molar-refractivity contribution in [2.75, 3.05) is 18.1 Å². The van der Waals surface area contributed by atoms with Crippen molar-refractivity contribution in [3.05, 3.63) is 34.3 Å². The summed E-state index contributed by atoms with van der Waals surface area (Å²) in [5.74, 6) is 1.59. The number of ether oxygens (including phenoxy) is 1. The van der Waals surface area contributed by atoms with Gasteiger partial charge in [0.05, 0.1) is 5.02 Å². The Morgan fingerprint density at radius 3 is 2.80 bits per heavy atom. The lowest BCUT2D eigenvalue weighted by Crippen LogP contribution is -2.02. The third kappa shape index (κ3) is 3.69. The summed E-state index contributed by atoms with van der Waals surface area (Å²) in [6.07, 6.45) is 1.90. The van der Waals surface area contributed by atoms with Crippen LogP contribution in [0.4, 0.5) is 5.82 Å². The topological polar surface area (TPSA) is 47.0 Å². The number of nitrogens with zero attached hydrogens (tertiary/aromatic N) is 2. The zero-order valence-electron chi connectivity index (χ0n) is 11.0. The Hall–Kier alpha value is -1.17. The summed E-state index contributed by atoms with van der Waals surface area (Å²) in [7, 11) is 0. The first kappa shape index (κ1) is 15.2. The average Bonchev–Trinajstić information content (AvgIpc) is 2.44. The molecule has 0 saturated heterocycles. The SMILES string of the molecule is CCNc1cc(Oc2cccc(Cl)c2Cl)nc(SC)n1. The summed E-state index contributed by atoms with van der Waals surface area (Å²) in [5.41, 5.74) is 0. The van der Waals surface area contributed by atoms with Crippen molar-refractivity contribution < 1.29 is 4.74 Å². The van der Waals surface area contributed by atoms with Crippen molar-refractivity contribution in [3.63, 3.8) is 0 Å². The Kier molecular flexibility index (Phi) is 5.34. The van der Waals surface area contributed by atoms with Crippen molar-refractivity contribution in [1.82, 2.24) is 9.97 Å². The maximum atomic E-state index is 6.10. The number of nitrogens with one attached hydrogen (secondary N) is 1. The van der Waals surface area contributed by atoms with Crippen LogP contribution in [0.1, 0.15) is 6.92 Å². The second-order valence-corrected chi connectivity index (χ2v) is 5.32. The van der Waals surface area contributed by atoms with Gasteiger partial charge in [0.15, 0.2) is 5.16 Å². The average molecular weight is 330 g/mol. The predicted molar refractivity (Wildman–Crippen MR) is 84.5 cm³/mol. The maximum absolute atomic E-state index is 6.10. The summed E-state index contributed by atoms with van der Waals surface area (Å²) in [6, 6.07) is 6.93. The highest BCUT2D eigenvalue weighted by atomic mass is 35.5. The first-order valence-corrected chi connectivity index (χ1v) is 7.91. The Morgan fingerprint density at radius 1 is 1.30 bits per heavy atom. The van der Waals surface area contributed by atoms with E-state index in [0.29, 0.717) is 32.6 Å². The lowest BCUT2D eigenvalue weighted by atomic mass is 10.3. The van der Waals surface area contributed by atoms with Gasteiger partial charge >= 0.3 is 0 Å². The van der Waals surface area contributed by atoms with Gasteiger partial charge in [0.25, 0.3) is 0 Å². The van der Waals surface area contributed by atoms with Crippen LogP contribution in [0, 0.1) is 0 Å². The van der Waals surface area contributed by atoms with Crippen molar-refractivity contribution in [2.45, 2.75) is 12.1 Å². The molecule has 1 aromatic carbocycles. The van der Waals surface area contributed by atoms with E-state index in [9.17, 15) is 0 Å². The molecule has 0 spiro atoms. The predicted octanol–water partition coefficient (Wildman–Crippen LogP) is 4.73. The van der Waals surface area contributed by atoms with Gasteiger partial charge in [0.1, 0.15) is 16.6 Å². The zero-order chi connectivity index (χ0) is 14.5. The molecule has 0 aliphatic rings. The van der Waals surface area contributed by atoms with Crippen LogP contribution in [0.5, 0.6) is 11.6 Å². The van der Waals surface area contributed by atoms with Crippen LogP contribution >= 0.6 is 35.0 Å². The van der Waals surface area contributed by atoms with Gasteiger partial charge < -0.3 is 10.1 Å². The van der Waals surface area contributed by atoms with Crippen LogP contribution in [-0.4, -0.2) is 22.8 Å². The maximum Gasteiger partial charge on any atom is 0.225 e. The van der Waals surface area contributed by atoms with Crippen LogP contribution in [0.15, 0.2) is 29.4 Å². The fraction of sp³-hybridized carbons (Fsp3) is 0.231. The van der Waals surface area contributed by atoms with E-state index in [1.807, 2.05) is 13.2 Å². The van der Waals surface area contributed by atoms with Gasteiger partial charge in [-0.3, -0.25) is 0 Å². The summed E-state index contributed by atoms with van der Waals surface area (Å²) < 4.78 is 5.70. The quantitative estimate of drug-likeness (QED) is 0.634. The molecule has 0 aliphatic heterocycles. The Morgan fingerprint density at radius 2 is 2.10 bits per heavy atom. The summed E-state index contributed by atoms with van der Waals surface area (Å²) >= 11 is 13.5. The molecule has 4 nitrogen and oxygen atoms in total. The number of hydrogen-bond donors (Lipinski definition) is 1. The lowest BCUT2D eigenvalue weighted by Gasteiger charge is -2.10. The molecule has 0 atom stereocenters. The first-order valence-electron chi connectivity index (χ1n) is 5.93. The molecule has 1 heterocycles. The van der Waals surface area contributed by atoms with Crippen LogP contribution in [0.25, 0.3) is 0 Å². The zero-order valence-corrected chi connectivity index (χ0v) is 13.3. The molecule has 1 aromatic heterocycles. The fourth-order valence-corrected chi connectivity index (χ4v) is 2.20. The molecule has 0 saturated carbocycles. The van der Waals surface area contributed by atoms with Gasteiger partial charge in [0, 0.05) is 12.6 Å². The molecule has 0 bridgehead atoms. The van der Waals surface area contributed by atoms with Gasteiger partial charge in [0.2, 0.25) is 5.88 Å². The number of rotatable bonds is 5. The smallest absolute Gasteiger partial charge is 0.225 e. The summed E-state index contributed by atoms with van der Waals surface area (Å²) in [5, 5.41) is 4.56. The van der Waals surface area contributed by atoms with E-state index in [4.69, 9.17) is 27.9 Å². The molecule has 0 unspecified atom stereocenters. The molecule has 0 fully saturated rings. The molecule has 106 valence electrons. The molecule has 2 aromatic rings. The van der Waals surface area contributed by atoms with Crippen LogP contribution < -0.4 is 10.1 Å². The van der Waals surface area contributed by atoms with Crippen molar-refractivity contribution in [2.24, 2.45) is 0 Å².